The Morgan fingerprint density at radius 1 is 1.27 bits per heavy atom. The number of aryl methyl sites for hydroxylation is 1. The van der Waals surface area contributed by atoms with Gasteiger partial charge in [0.2, 0.25) is 0 Å². The molecule has 0 radical (unpaired) electrons. The third-order valence-corrected chi connectivity index (χ3v) is 4.57. The molecular weight excluding hydrogens is 360 g/mol. The van der Waals surface area contributed by atoms with Crippen molar-refractivity contribution in [3.63, 3.8) is 0 Å². The first kappa shape index (κ1) is 18.6. The molecule has 1 fully saturated rings. The first-order valence-corrected chi connectivity index (χ1v) is 8.78. The summed E-state index contributed by atoms with van der Waals surface area (Å²) in [5, 5.41) is 3.54. The van der Waals surface area contributed by atoms with Gasteiger partial charge in [0.15, 0.2) is 5.11 Å². The van der Waals surface area contributed by atoms with Crippen LogP contribution < -0.4 is 10.1 Å². The predicted molar refractivity (Wildman–Crippen MR) is 99.6 cm³/mol. The van der Waals surface area contributed by atoms with E-state index in [-0.39, 0.29) is 5.75 Å². The highest BCUT2D eigenvalue weighted by Crippen LogP contribution is 2.27. The number of hydrogen-bond donors (Lipinski definition) is 1. The molecule has 0 aliphatic carbocycles. The molecule has 0 saturated carbocycles. The zero-order valence-electron chi connectivity index (χ0n) is 14.5. The molecule has 1 aromatic heterocycles. The van der Waals surface area contributed by atoms with Crippen LogP contribution in [0.15, 0.2) is 41.0 Å². The summed E-state index contributed by atoms with van der Waals surface area (Å²) in [6, 6.07) is 8.93. The van der Waals surface area contributed by atoms with Crippen LogP contribution in [0, 0.1) is 6.92 Å². The van der Waals surface area contributed by atoms with Crippen LogP contribution in [0.2, 0.25) is 0 Å². The average molecular weight is 381 g/mol. The van der Waals surface area contributed by atoms with E-state index in [1.807, 2.05) is 30.0 Å². The topological polar surface area (TPSA) is 40.9 Å². The monoisotopic (exact) mass is 381 g/mol. The second kappa shape index (κ2) is 8.46. The number of anilines is 1. The van der Waals surface area contributed by atoms with Gasteiger partial charge in [0.1, 0.15) is 11.5 Å². The quantitative estimate of drug-likeness (QED) is 0.797. The number of piperazine rings is 1. The van der Waals surface area contributed by atoms with Gasteiger partial charge in [-0.1, -0.05) is 6.07 Å². The number of benzene rings is 1. The van der Waals surface area contributed by atoms with Crippen molar-refractivity contribution in [1.29, 1.82) is 0 Å². The number of alkyl halides is 2. The Morgan fingerprint density at radius 2 is 2.04 bits per heavy atom. The van der Waals surface area contributed by atoms with E-state index >= 15 is 0 Å². The highest BCUT2D eigenvalue weighted by molar-refractivity contribution is 7.80. The summed E-state index contributed by atoms with van der Waals surface area (Å²) in [7, 11) is 0. The van der Waals surface area contributed by atoms with E-state index in [4.69, 9.17) is 16.6 Å². The number of nitrogens with one attached hydrogen (secondary N) is 1. The van der Waals surface area contributed by atoms with Crippen LogP contribution in [-0.4, -0.2) is 47.7 Å². The van der Waals surface area contributed by atoms with Gasteiger partial charge in [-0.15, -0.1) is 0 Å². The summed E-state index contributed by atoms with van der Waals surface area (Å²) in [6.07, 6.45) is 1.67. The van der Waals surface area contributed by atoms with E-state index in [0.29, 0.717) is 10.8 Å². The number of hydrogen-bond acceptors (Lipinski definition) is 4. The molecule has 0 atom stereocenters. The molecule has 0 unspecified atom stereocenters. The summed E-state index contributed by atoms with van der Waals surface area (Å²) in [5.41, 5.74) is 1.28. The van der Waals surface area contributed by atoms with Gasteiger partial charge in [0.25, 0.3) is 0 Å². The molecule has 26 heavy (non-hydrogen) atoms. The molecule has 140 valence electrons. The maximum atomic E-state index is 12.6. The second-order valence-electron chi connectivity index (χ2n) is 6.15. The lowest BCUT2D eigenvalue weighted by Crippen LogP contribution is -2.49. The molecule has 0 bridgehead atoms. The fourth-order valence-electron chi connectivity index (χ4n) is 2.85. The molecule has 2 aromatic rings. The summed E-state index contributed by atoms with van der Waals surface area (Å²) in [5.74, 6) is 1.03. The molecule has 5 nitrogen and oxygen atoms in total. The average Bonchev–Trinajstić information content (AvgIpc) is 3.10. The number of halogens is 2. The van der Waals surface area contributed by atoms with E-state index in [9.17, 15) is 8.78 Å². The molecule has 8 heteroatoms. The maximum absolute atomic E-state index is 12.6. The van der Waals surface area contributed by atoms with Crippen LogP contribution in [0.25, 0.3) is 0 Å². The number of thiocarbonyl (C=S) groups is 1. The summed E-state index contributed by atoms with van der Waals surface area (Å²) >= 11 is 5.45. The van der Waals surface area contributed by atoms with Crippen molar-refractivity contribution in [3.05, 3.63) is 47.9 Å². The standard InChI is InChI=1S/C18H21F2N3O2S/c1-13-4-5-15(16(11-13)25-17(19)20)21-18(26)23-8-6-22(7-9-23)12-14-3-2-10-24-14/h2-5,10-11,17H,6-9,12H2,1H3,(H,21,26). The molecule has 2 heterocycles. The molecule has 3 rings (SSSR count). The third kappa shape index (κ3) is 4.92. The van der Waals surface area contributed by atoms with Crippen LogP contribution in [0.1, 0.15) is 11.3 Å². The number of ether oxygens (including phenoxy) is 1. The van der Waals surface area contributed by atoms with Crippen LogP contribution >= 0.6 is 12.2 Å². The number of nitrogens with zero attached hydrogens (tertiary/aromatic N) is 2. The van der Waals surface area contributed by atoms with Crippen LogP contribution in [0.4, 0.5) is 14.5 Å². The maximum Gasteiger partial charge on any atom is 0.387 e. The van der Waals surface area contributed by atoms with E-state index in [0.717, 1.165) is 44.0 Å². The normalized spacial score (nSPS) is 15.3. The lowest BCUT2D eigenvalue weighted by atomic mass is 10.2. The van der Waals surface area contributed by atoms with Crippen LogP contribution in [0.5, 0.6) is 5.75 Å². The molecule has 1 aliphatic heterocycles. The summed E-state index contributed by atoms with van der Waals surface area (Å²) in [4.78, 5) is 4.31. The highest BCUT2D eigenvalue weighted by Gasteiger charge is 2.20. The Balaban J connectivity index is 1.56. The molecular formula is C18H21F2N3O2S. The highest BCUT2D eigenvalue weighted by atomic mass is 32.1. The summed E-state index contributed by atoms with van der Waals surface area (Å²) < 4.78 is 35.2. The molecule has 1 aromatic carbocycles. The van der Waals surface area contributed by atoms with Gasteiger partial charge in [-0.3, -0.25) is 4.90 Å². The van der Waals surface area contributed by atoms with Crippen molar-refractivity contribution in [3.8, 4) is 5.75 Å². The smallest absolute Gasteiger partial charge is 0.387 e. The number of furan rings is 1. The van der Waals surface area contributed by atoms with Crippen LogP contribution in [0.3, 0.4) is 0 Å². The van der Waals surface area contributed by atoms with Crippen molar-refractivity contribution in [2.45, 2.75) is 20.1 Å². The zero-order valence-corrected chi connectivity index (χ0v) is 15.3. The SMILES string of the molecule is Cc1ccc(NC(=S)N2CCN(Cc3ccco3)CC2)c(OC(F)F)c1. The van der Waals surface area contributed by atoms with Gasteiger partial charge in [-0.2, -0.15) is 8.78 Å². The van der Waals surface area contributed by atoms with Gasteiger partial charge in [-0.25, -0.2) is 0 Å². The fourth-order valence-corrected chi connectivity index (χ4v) is 3.15. The first-order chi connectivity index (χ1) is 12.5. The fraction of sp³-hybridized carbons (Fsp3) is 0.389. The van der Waals surface area contributed by atoms with Crippen molar-refractivity contribution in [2.24, 2.45) is 0 Å². The Hall–Kier alpha value is -2.19. The van der Waals surface area contributed by atoms with Crippen molar-refractivity contribution >= 4 is 23.0 Å². The Morgan fingerprint density at radius 3 is 2.69 bits per heavy atom. The largest absolute Gasteiger partial charge is 0.468 e. The lowest BCUT2D eigenvalue weighted by molar-refractivity contribution is -0.0493. The van der Waals surface area contributed by atoms with E-state index in [1.54, 1.807) is 18.4 Å². The van der Waals surface area contributed by atoms with Crippen molar-refractivity contribution in [1.82, 2.24) is 9.80 Å². The Bertz CT molecular complexity index is 732. The van der Waals surface area contributed by atoms with Crippen LogP contribution in [-0.2, 0) is 6.54 Å². The summed E-state index contributed by atoms with van der Waals surface area (Å²) in [6.45, 7) is 2.90. The predicted octanol–water partition coefficient (Wildman–Crippen LogP) is 3.70. The van der Waals surface area contributed by atoms with Gasteiger partial charge >= 0.3 is 6.61 Å². The molecule has 1 aliphatic rings. The van der Waals surface area contributed by atoms with E-state index in [1.165, 1.54) is 0 Å². The number of rotatable bonds is 5. The minimum Gasteiger partial charge on any atom is -0.468 e. The van der Waals surface area contributed by atoms with E-state index < -0.39 is 6.61 Å². The van der Waals surface area contributed by atoms with Crippen molar-refractivity contribution < 1.29 is 17.9 Å². The van der Waals surface area contributed by atoms with Gasteiger partial charge in [-0.05, 0) is 49.0 Å². The van der Waals surface area contributed by atoms with E-state index in [2.05, 4.69) is 15.0 Å². The zero-order chi connectivity index (χ0) is 18.5. The minimum absolute atomic E-state index is 0.0961. The molecule has 1 saturated heterocycles. The Labute approximate surface area is 156 Å². The minimum atomic E-state index is -2.88. The van der Waals surface area contributed by atoms with Gasteiger partial charge < -0.3 is 19.4 Å². The molecule has 1 N–H and O–H groups in total. The van der Waals surface area contributed by atoms with Crippen molar-refractivity contribution in [2.75, 3.05) is 31.5 Å². The third-order valence-electron chi connectivity index (χ3n) is 4.21. The second-order valence-corrected chi connectivity index (χ2v) is 6.54. The Kier molecular flexibility index (Phi) is 6.05. The van der Waals surface area contributed by atoms with Gasteiger partial charge in [0, 0.05) is 26.2 Å². The molecule has 0 spiro atoms. The first-order valence-electron chi connectivity index (χ1n) is 8.37. The van der Waals surface area contributed by atoms with Gasteiger partial charge in [0.05, 0.1) is 18.5 Å². The molecule has 0 amide bonds. The lowest BCUT2D eigenvalue weighted by Gasteiger charge is -2.35.